The van der Waals surface area contributed by atoms with E-state index in [9.17, 15) is 9.59 Å². The maximum absolute atomic E-state index is 12.6. The van der Waals surface area contributed by atoms with Gasteiger partial charge in [0.1, 0.15) is 5.69 Å². The molecule has 7 heteroatoms. The third-order valence-electron chi connectivity index (χ3n) is 4.10. The zero-order valence-corrected chi connectivity index (χ0v) is 14.0. The van der Waals surface area contributed by atoms with Gasteiger partial charge in [0.2, 0.25) is 0 Å². The summed E-state index contributed by atoms with van der Waals surface area (Å²) in [6.45, 7) is 4.98. The van der Waals surface area contributed by atoms with Gasteiger partial charge in [-0.25, -0.2) is 4.98 Å². The molecule has 0 fully saturated rings. The van der Waals surface area contributed by atoms with E-state index in [0.29, 0.717) is 31.2 Å². The molecule has 0 bridgehead atoms. The molecule has 130 valence electrons. The summed E-state index contributed by atoms with van der Waals surface area (Å²) in [7, 11) is 0. The number of fused-ring (bicyclic) bond motifs is 1. The fourth-order valence-corrected chi connectivity index (χ4v) is 2.90. The Morgan fingerprint density at radius 3 is 2.88 bits per heavy atom. The average molecular weight is 339 g/mol. The van der Waals surface area contributed by atoms with E-state index in [-0.39, 0.29) is 11.8 Å². The first-order valence-electron chi connectivity index (χ1n) is 8.37. The summed E-state index contributed by atoms with van der Waals surface area (Å²) in [6, 6.07) is 5.54. The molecule has 0 aromatic carbocycles. The molecule has 2 amide bonds. The van der Waals surface area contributed by atoms with Gasteiger partial charge in [0.15, 0.2) is 5.82 Å². The standard InChI is InChI=1S/C18H21N5O2/c1-2-9-20-18(25)16-22-15(14-8-4-6-11-23(14)16)17(24)21-12-13-7-3-5-10-19-13/h2-3,5,7,10H,1,4,6,8-9,11-12H2,(H,20,25)(H,21,24). The normalized spacial score (nSPS) is 13.0. The maximum Gasteiger partial charge on any atom is 0.287 e. The molecule has 0 unspecified atom stereocenters. The number of carbonyl (C=O) groups is 2. The van der Waals surface area contributed by atoms with Gasteiger partial charge in [-0.3, -0.25) is 14.6 Å². The predicted molar refractivity (Wildman–Crippen MR) is 93.1 cm³/mol. The largest absolute Gasteiger partial charge is 0.346 e. The number of carbonyl (C=O) groups excluding carboxylic acids is 2. The molecular formula is C18H21N5O2. The van der Waals surface area contributed by atoms with E-state index >= 15 is 0 Å². The van der Waals surface area contributed by atoms with Crippen molar-refractivity contribution in [1.29, 1.82) is 0 Å². The minimum absolute atomic E-state index is 0.279. The van der Waals surface area contributed by atoms with Crippen molar-refractivity contribution >= 4 is 11.8 Å². The van der Waals surface area contributed by atoms with Crippen LogP contribution in [-0.2, 0) is 19.5 Å². The molecule has 2 aromatic rings. The minimum atomic E-state index is -0.285. The Hall–Kier alpha value is -2.96. The SMILES string of the molecule is C=CCNC(=O)c1nc(C(=O)NCc2ccccn2)c2n1CCCC2. The lowest BCUT2D eigenvalue weighted by atomic mass is 10.1. The van der Waals surface area contributed by atoms with Crippen LogP contribution in [0.3, 0.4) is 0 Å². The maximum atomic E-state index is 12.6. The molecule has 1 aliphatic rings. The van der Waals surface area contributed by atoms with Crippen LogP contribution in [0.4, 0.5) is 0 Å². The first-order valence-corrected chi connectivity index (χ1v) is 8.37. The molecule has 0 aliphatic carbocycles. The van der Waals surface area contributed by atoms with Crippen LogP contribution in [-0.4, -0.2) is 32.9 Å². The van der Waals surface area contributed by atoms with Crippen molar-refractivity contribution in [3.63, 3.8) is 0 Å². The Kier molecular flexibility index (Phi) is 5.23. The molecule has 0 saturated carbocycles. The van der Waals surface area contributed by atoms with Gasteiger partial charge in [0.05, 0.1) is 17.9 Å². The summed E-state index contributed by atoms with van der Waals surface area (Å²) in [6.07, 6.45) is 5.99. The Morgan fingerprint density at radius 2 is 2.12 bits per heavy atom. The smallest absolute Gasteiger partial charge is 0.287 e. The fourth-order valence-electron chi connectivity index (χ4n) is 2.90. The number of pyridine rings is 1. The van der Waals surface area contributed by atoms with Crippen LogP contribution in [0.25, 0.3) is 0 Å². The first-order chi connectivity index (χ1) is 12.2. The highest BCUT2D eigenvalue weighted by molar-refractivity contribution is 5.97. The molecule has 2 N–H and O–H groups in total. The minimum Gasteiger partial charge on any atom is -0.346 e. The van der Waals surface area contributed by atoms with Crippen LogP contribution < -0.4 is 10.6 Å². The van der Waals surface area contributed by atoms with Crippen molar-refractivity contribution in [2.75, 3.05) is 6.54 Å². The molecule has 0 atom stereocenters. The third kappa shape index (κ3) is 3.76. The highest BCUT2D eigenvalue weighted by atomic mass is 16.2. The summed E-state index contributed by atoms with van der Waals surface area (Å²) in [5, 5.41) is 5.56. The zero-order valence-electron chi connectivity index (χ0n) is 14.0. The zero-order chi connectivity index (χ0) is 17.6. The van der Waals surface area contributed by atoms with Crippen LogP contribution in [0, 0.1) is 0 Å². The van der Waals surface area contributed by atoms with Crippen LogP contribution >= 0.6 is 0 Å². The van der Waals surface area contributed by atoms with Crippen molar-refractivity contribution in [3.05, 3.63) is 60.0 Å². The Balaban J connectivity index is 1.80. The fraction of sp³-hybridized carbons (Fsp3) is 0.333. The number of hydrogen-bond donors (Lipinski definition) is 2. The highest BCUT2D eigenvalue weighted by Gasteiger charge is 2.27. The van der Waals surface area contributed by atoms with Crippen LogP contribution in [0.15, 0.2) is 37.1 Å². The Morgan fingerprint density at radius 1 is 1.24 bits per heavy atom. The molecule has 2 aromatic heterocycles. The predicted octanol–water partition coefficient (Wildman–Crippen LogP) is 1.46. The lowest BCUT2D eigenvalue weighted by Gasteiger charge is -2.16. The Bertz CT molecular complexity index is 782. The van der Waals surface area contributed by atoms with E-state index in [1.807, 2.05) is 22.8 Å². The molecule has 0 saturated heterocycles. The molecule has 1 aliphatic heterocycles. The van der Waals surface area contributed by atoms with Crippen molar-refractivity contribution in [3.8, 4) is 0 Å². The second kappa shape index (κ2) is 7.74. The van der Waals surface area contributed by atoms with E-state index in [0.717, 1.165) is 30.7 Å². The highest BCUT2D eigenvalue weighted by Crippen LogP contribution is 2.21. The van der Waals surface area contributed by atoms with E-state index in [1.54, 1.807) is 12.3 Å². The molecule has 3 heterocycles. The van der Waals surface area contributed by atoms with Gasteiger partial charge in [-0.15, -0.1) is 6.58 Å². The van der Waals surface area contributed by atoms with Gasteiger partial charge in [-0.2, -0.15) is 0 Å². The van der Waals surface area contributed by atoms with E-state index in [1.165, 1.54) is 0 Å². The van der Waals surface area contributed by atoms with Crippen molar-refractivity contribution < 1.29 is 9.59 Å². The number of imidazole rings is 1. The summed E-state index contributed by atoms with van der Waals surface area (Å²) in [5.41, 5.74) is 1.93. The van der Waals surface area contributed by atoms with Crippen molar-refractivity contribution in [2.24, 2.45) is 0 Å². The quantitative estimate of drug-likeness (QED) is 0.780. The number of nitrogens with one attached hydrogen (secondary N) is 2. The lowest BCUT2D eigenvalue weighted by Crippen LogP contribution is -2.28. The molecule has 7 nitrogen and oxygen atoms in total. The van der Waals surface area contributed by atoms with E-state index in [4.69, 9.17) is 0 Å². The second-order valence-corrected chi connectivity index (χ2v) is 5.84. The van der Waals surface area contributed by atoms with Gasteiger partial charge in [-0.1, -0.05) is 12.1 Å². The Labute approximate surface area is 146 Å². The summed E-state index contributed by atoms with van der Waals surface area (Å²) in [5.74, 6) is -0.273. The van der Waals surface area contributed by atoms with Crippen molar-refractivity contribution in [2.45, 2.75) is 32.4 Å². The van der Waals surface area contributed by atoms with Crippen LogP contribution in [0.5, 0.6) is 0 Å². The lowest BCUT2D eigenvalue weighted by molar-refractivity contribution is 0.0941. The number of nitrogens with zero attached hydrogens (tertiary/aromatic N) is 3. The number of rotatable bonds is 6. The van der Waals surface area contributed by atoms with E-state index in [2.05, 4.69) is 27.2 Å². The third-order valence-corrected chi connectivity index (χ3v) is 4.10. The van der Waals surface area contributed by atoms with Crippen LogP contribution in [0.1, 0.15) is 45.3 Å². The van der Waals surface area contributed by atoms with Gasteiger partial charge >= 0.3 is 0 Å². The molecule has 25 heavy (non-hydrogen) atoms. The van der Waals surface area contributed by atoms with Gasteiger partial charge < -0.3 is 15.2 Å². The van der Waals surface area contributed by atoms with Gasteiger partial charge in [0.25, 0.3) is 11.8 Å². The van der Waals surface area contributed by atoms with Gasteiger partial charge in [-0.05, 0) is 31.4 Å². The number of hydrogen-bond acceptors (Lipinski definition) is 4. The molecule has 3 rings (SSSR count). The molecule has 0 radical (unpaired) electrons. The van der Waals surface area contributed by atoms with Crippen LogP contribution in [0.2, 0.25) is 0 Å². The molecular weight excluding hydrogens is 318 g/mol. The number of aromatic nitrogens is 3. The summed E-state index contributed by atoms with van der Waals surface area (Å²) >= 11 is 0. The van der Waals surface area contributed by atoms with Gasteiger partial charge in [0, 0.05) is 19.3 Å². The molecule has 0 spiro atoms. The van der Waals surface area contributed by atoms with Crippen molar-refractivity contribution in [1.82, 2.24) is 25.2 Å². The first kappa shape index (κ1) is 16.9. The van der Waals surface area contributed by atoms with E-state index < -0.39 is 0 Å². The summed E-state index contributed by atoms with van der Waals surface area (Å²) < 4.78 is 1.86. The monoisotopic (exact) mass is 339 g/mol. The number of amides is 2. The summed E-state index contributed by atoms with van der Waals surface area (Å²) in [4.78, 5) is 33.4. The second-order valence-electron chi connectivity index (χ2n) is 5.84. The average Bonchev–Trinajstić information content (AvgIpc) is 3.05. The topological polar surface area (TPSA) is 88.9 Å².